The highest BCUT2D eigenvalue weighted by Gasteiger charge is 2.33. The summed E-state index contributed by atoms with van der Waals surface area (Å²) in [4.78, 5) is 0. The molecule has 3 nitrogen and oxygen atoms in total. The van der Waals surface area contributed by atoms with Crippen molar-refractivity contribution in [2.24, 2.45) is 5.41 Å². The van der Waals surface area contributed by atoms with Gasteiger partial charge in [-0.05, 0) is 30.5 Å². The minimum atomic E-state index is -4.44. The van der Waals surface area contributed by atoms with E-state index >= 15 is 0 Å². The number of alkyl halides is 3. The van der Waals surface area contributed by atoms with Gasteiger partial charge in [0.05, 0.1) is 5.69 Å². The topological polar surface area (TPSA) is 37.8 Å². The predicted molar refractivity (Wildman–Crippen MR) is 72.3 cm³/mol. The quantitative estimate of drug-likeness (QED) is 0.902. The molecule has 20 heavy (non-hydrogen) atoms. The summed E-state index contributed by atoms with van der Waals surface area (Å²) >= 11 is 0. The predicted octanol–water partition coefficient (Wildman–Crippen LogP) is 3.45. The summed E-state index contributed by atoms with van der Waals surface area (Å²) in [5.41, 5.74) is -0.379. The van der Waals surface area contributed by atoms with Crippen LogP contribution in [0.25, 0.3) is 0 Å². The van der Waals surface area contributed by atoms with Gasteiger partial charge in [-0.3, -0.25) is 0 Å². The molecule has 0 saturated carbocycles. The Hall–Kier alpha value is -1.17. The molecule has 0 aliphatic carbocycles. The molecule has 0 aliphatic heterocycles. The molecule has 0 spiro atoms. The van der Waals surface area contributed by atoms with Gasteiger partial charge < -0.3 is 5.32 Å². The number of nitrogens with one attached hydrogen (secondary N) is 1. The van der Waals surface area contributed by atoms with Crippen LogP contribution in [0.2, 0.25) is 0 Å². The van der Waals surface area contributed by atoms with Gasteiger partial charge in [0.25, 0.3) is 0 Å². The Morgan fingerprint density at radius 2 is 1.80 bits per heavy atom. The van der Waals surface area contributed by atoms with Crippen LogP contribution in [-0.4, -0.2) is 22.8 Å². The lowest BCUT2D eigenvalue weighted by molar-refractivity contribution is -0.141. The summed E-state index contributed by atoms with van der Waals surface area (Å²) in [7, 11) is 0. The van der Waals surface area contributed by atoms with Crippen molar-refractivity contribution >= 4 is 0 Å². The summed E-state index contributed by atoms with van der Waals surface area (Å²) in [6, 6.07) is 2.54. The number of halogens is 3. The monoisotopic (exact) mass is 289 g/mol. The standard InChI is InChI=1S/C14H22F3N3/c1-5-8-18-12(13(2,3)4)9-10-6-7-11(20-19-10)14(15,16)17/h6-7,12,18H,5,8-9H2,1-4H3. The summed E-state index contributed by atoms with van der Waals surface area (Å²) in [6.45, 7) is 9.23. The molecule has 114 valence electrons. The maximum Gasteiger partial charge on any atom is 0.435 e. The lowest BCUT2D eigenvalue weighted by atomic mass is 9.84. The SMILES string of the molecule is CCCNC(Cc1ccc(C(F)(F)F)nn1)C(C)(C)C. The van der Waals surface area contributed by atoms with Crippen molar-refractivity contribution in [3.63, 3.8) is 0 Å². The maximum absolute atomic E-state index is 12.4. The fraction of sp³-hybridized carbons (Fsp3) is 0.714. The number of rotatable bonds is 5. The van der Waals surface area contributed by atoms with Crippen LogP contribution in [0.3, 0.4) is 0 Å². The Labute approximate surface area is 118 Å². The first kappa shape index (κ1) is 16.9. The molecule has 1 atom stereocenters. The zero-order valence-electron chi connectivity index (χ0n) is 12.4. The largest absolute Gasteiger partial charge is 0.435 e. The Bertz CT molecular complexity index is 407. The highest BCUT2D eigenvalue weighted by molar-refractivity contribution is 5.11. The summed E-state index contributed by atoms with van der Waals surface area (Å²) < 4.78 is 37.3. The van der Waals surface area contributed by atoms with Crippen LogP contribution in [0.1, 0.15) is 45.5 Å². The molecule has 1 heterocycles. The zero-order chi connectivity index (χ0) is 15.4. The van der Waals surface area contributed by atoms with Gasteiger partial charge in [0, 0.05) is 12.5 Å². The minimum Gasteiger partial charge on any atom is -0.313 e. The van der Waals surface area contributed by atoms with E-state index in [9.17, 15) is 13.2 Å². The third kappa shape index (κ3) is 5.07. The van der Waals surface area contributed by atoms with Crippen molar-refractivity contribution in [2.75, 3.05) is 6.54 Å². The summed E-state index contributed by atoms with van der Waals surface area (Å²) in [5.74, 6) is 0. The molecule has 1 aromatic heterocycles. The van der Waals surface area contributed by atoms with E-state index in [2.05, 4.69) is 43.2 Å². The van der Waals surface area contributed by atoms with Gasteiger partial charge in [-0.25, -0.2) is 0 Å². The average Bonchev–Trinajstić information content (AvgIpc) is 2.32. The van der Waals surface area contributed by atoms with Crippen molar-refractivity contribution in [1.29, 1.82) is 0 Å². The smallest absolute Gasteiger partial charge is 0.313 e. The van der Waals surface area contributed by atoms with Crippen molar-refractivity contribution < 1.29 is 13.2 Å². The molecule has 0 amide bonds. The highest BCUT2D eigenvalue weighted by Crippen LogP contribution is 2.27. The van der Waals surface area contributed by atoms with Gasteiger partial charge in [0.2, 0.25) is 0 Å². The van der Waals surface area contributed by atoms with E-state index in [-0.39, 0.29) is 11.5 Å². The summed E-state index contributed by atoms with van der Waals surface area (Å²) in [5, 5.41) is 10.4. The van der Waals surface area contributed by atoms with Gasteiger partial charge in [-0.15, -0.1) is 5.10 Å². The lowest BCUT2D eigenvalue weighted by Gasteiger charge is -2.31. The average molecular weight is 289 g/mol. The molecule has 0 fully saturated rings. The first-order valence-corrected chi connectivity index (χ1v) is 6.77. The van der Waals surface area contributed by atoms with E-state index < -0.39 is 11.9 Å². The van der Waals surface area contributed by atoms with Crippen LogP contribution in [0.4, 0.5) is 13.2 Å². The third-order valence-corrected chi connectivity index (χ3v) is 3.11. The van der Waals surface area contributed by atoms with E-state index in [0.717, 1.165) is 19.0 Å². The zero-order valence-corrected chi connectivity index (χ0v) is 12.4. The van der Waals surface area contributed by atoms with Crippen molar-refractivity contribution in [3.05, 3.63) is 23.5 Å². The Morgan fingerprint density at radius 3 is 2.20 bits per heavy atom. The molecule has 6 heteroatoms. The normalized spacial score (nSPS) is 14.3. The first-order valence-electron chi connectivity index (χ1n) is 6.77. The van der Waals surface area contributed by atoms with Gasteiger partial charge in [0.1, 0.15) is 0 Å². The summed E-state index contributed by atoms with van der Waals surface area (Å²) in [6.07, 6.45) is -2.87. The Morgan fingerprint density at radius 1 is 1.15 bits per heavy atom. The molecule has 1 aromatic rings. The Balaban J connectivity index is 2.79. The molecule has 0 bridgehead atoms. The number of nitrogens with zero attached hydrogens (tertiary/aromatic N) is 2. The van der Waals surface area contributed by atoms with Crippen LogP contribution in [0, 0.1) is 5.41 Å². The van der Waals surface area contributed by atoms with Gasteiger partial charge in [-0.1, -0.05) is 27.7 Å². The van der Waals surface area contributed by atoms with Gasteiger partial charge >= 0.3 is 6.18 Å². The maximum atomic E-state index is 12.4. The molecule has 0 radical (unpaired) electrons. The Kier molecular flexibility index (Phi) is 5.50. The van der Waals surface area contributed by atoms with Crippen molar-refractivity contribution in [2.45, 2.75) is 52.8 Å². The lowest BCUT2D eigenvalue weighted by Crippen LogP contribution is -2.42. The second kappa shape index (κ2) is 6.52. The molecule has 0 aromatic carbocycles. The molecular formula is C14H22F3N3. The van der Waals surface area contributed by atoms with E-state index in [1.54, 1.807) is 0 Å². The van der Waals surface area contributed by atoms with E-state index in [0.29, 0.717) is 12.1 Å². The third-order valence-electron chi connectivity index (χ3n) is 3.11. The molecule has 0 saturated heterocycles. The fourth-order valence-corrected chi connectivity index (χ4v) is 1.83. The molecule has 0 aliphatic rings. The minimum absolute atomic E-state index is 0.000448. The van der Waals surface area contributed by atoms with Gasteiger partial charge in [-0.2, -0.15) is 18.3 Å². The highest BCUT2D eigenvalue weighted by atomic mass is 19.4. The second-order valence-electron chi connectivity index (χ2n) is 5.98. The van der Waals surface area contributed by atoms with E-state index in [4.69, 9.17) is 0 Å². The van der Waals surface area contributed by atoms with E-state index in [1.165, 1.54) is 6.07 Å². The number of hydrogen-bond donors (Lipinski definition) is 1. The first-order chi connectivity index (χ1) is 9.14. The molecular weight excluding hydrogens is 267 g/mol. The van der Waals surface area contributed by atoms with Gasteiger partial charge in [0.15, 0.2) is 5.69 Å². The number of aromatic nitrogens is 2. The van der Waals surface area contributed by atoms with Crippen molar-refractivity contribution in [1.82, 2.24) is 15.5 Å². The van der Waals surface area contributed by atoms with Crippen LogP contribution >= 0.6 is 0 Å². The van der Waals surface area contributed by atoms with Crippen LogP contribution in [0.15, 0.2) is 12.1 Å². The number of hydrogen-bond acceptors (Lipinski definition) is 3. The second-order valence-corrected chi connectivity index (χ2v) is 5.98. The molecule has 1 rings (SSSR count). The molecule has 1 unspecified atom stereocenters. The van der Waals surface area contributed by atoms with Crippen LogP contribution < -0.4 is 5.32 Å². The van der Waals surface area contributed by atoms with Crippen LogP contribution in [-0.2, 0) is 12.6 Å². The fourth-order valence-electron chi connectivity index (χ4n) is 1.83. The molecule has 1 N–H and O–H groups in total. The van der Waals surface area contributed by atoms with Crippen molar-refractivity contribution in [3.8, 4) is 0 Å². The van der Waals surface area contributed by atoms with Crippen LogP contribution in [0.5, 0.6) is 0 Å². The van der Waals surface area contributed by atoms with E-state index in [1.807, 2.05) is 0 Å².